The predicted molar refractivity (Wildman–Crippen MR) is 65.8 cm³/mol. The van der Waals surface area contributed by atoms with Gasteiger partial charge in [-0.3, -0.25) is 0 Å². The second kappa shape index (κ2) is 4.02. The molecule has 5 heteroatoms. The minimum atomic E-state index is -0.590. The highest BCUT2D eigenvalue weighted by Gasteiger charge is 2.56. The van der Waals surface area contributed by atoms with E-state index < -0.39 is 6.10 Å². The van der Waals surface area contributed by atoms with E-state index in [1.54, 1.807) is 11.3 Å². The molecule has 94 valence electrons. The molecule has 4 nitrogen and oxygen atoms in total. The van der Waals surface area contributed by atoms with Crippen molar-refractivity contribution in [2.24, 2.45) is 11.1 Å². The van der Waals surface area contributed by atoms with Crippen molar-refractivity contribution < 1.29 is 9.84 Å². The number of rotatable bonds is 3. The third-order valence-electron chi connectivity index (χ3n) is 4.20. The molecule has 4 unspecified atom stereocenters. The molecule has 2 aliphatic heterocycles. The molecule has 1 aromatic heterocycles. The fourth-order valence-corrected chi connectivity index (χ4v) is 3.88. The van der Waals surface area contributed by atoms with Crippen LogP contribution < -0.4 is 5.73 Å². The highest BCUT2D eigenvalue weighted by atomic mass is 32.1. The van der Waals surface area contributed by atoms with Crippen molar-refractivity contribution in [3.8, 4) is 0 Å². The van der Waals surface area contributed by atoms with Crippen LogP contribution in [0.1, 0.15) is 36.1 Å². The van der Waals surface area contributed by atoms with E-state index in [2.05, 4.69) is 4.98 Å². The van der Waals surface area contributed by atoms with Crippen LogP contribution in [-0.4, -0.2) is 28.8 Å². The summed E-state index contributed by atoms with van der Waals surface area (Å²) in [7, 11) is 0. The summed E-state index contributed by atoms with van der Waals surface area (Å²) in [6.45, 7) is 2.42. The Labute approximate surface area is 105 Å². The number of thiazole rings is 1. The fraction of sp³-hybridized carbons (Fsp3) is 0.750. The Kier molecular flexibility index (Phi) is 2.74. The zero-order chi connectivity index (χ0) is 12.0. The lowest BCUT2D eigenvalue weighted by molar-refractivity contribution is -0.0282. The second-order valence-corrected chi connectivity index (χ2v) is 6.22. The minimum Gasteiger partial charge on any atom is -0.386 e. The number of hydrogen-bond donors (Lipinski definition) is 2. The van der Waals surface area contributed by atoms with Gasteiger partial charge in [-0.05, 0) is 26.2 Å². The second-order valence-electron chi connectivity index (χ2n) is 5.16. The van der Waals surface area contributed by atoms with Crippen molar-refractivity contribution in [1.82, 2.24) is 4.98 Å². The van der Waals surface area contributed by atoms with Gasteiger partial charge in [0.25, 0.3) is 0 Å². The lowest BCUT2D eigenvalue weighted by Crippen LogP contribution is -2.44. The molecule has 0 saturated carbocycles. The molecule has 0 radical (unpaired) electrons. The average Bonchev–Trinajstić information content (AvgIpc) is 3.02. The number of aliphatic hydroxyl groups is 1. The smallest absolute Gasteiger partial charge is 0.106 e. The van der Waals surface area contributed by atoms with Crippen LogP contribution in [0.3, 0.4) is 0 Å². The Balaban J connectivity index is 1.91. The molecule has 3 heterocycles. The zero-order valence-electron chi connectivity index (χ0n) is 9.93. The summed E-state index contributed by atoms with van der Waals surface area (Å²) in [5.41, 5.74) is 6.38. The number of aliphatic hydroxyl groups excluding tert-OH is 1. The predicted octanol–water partition coefficient (Wildman–Crippen LogP) is 1.38. The van der Waals surface area contributed by atoms with Crippen LogP contribution in [0.5, 0.6) is 0 Å². The van der Waals surface area contributed by atoms with Gasteiger partial charge < -0.3 is 15.6 Å². The van der Waals surface area contributed by atoms with Crippen LogP contribution in [0, 0.1) is 12.3 Å². The maximum absolute atomic E-state index is 10.6. The lowest BCUT2D eigenvalue weighted by Gasteiger charge is -2.37. The van der Waals surface area contributed by atoms with Crippen molar-refractivity contribution in [3.63, 3.8) is 0 Å². The summed E-state index contributed by atoms with van der Waals surface area (Å²) >= 11 is 1.57. The monoisotopic (exact) mass is 254 g/mol. The van der Waals surface area contributed by atoms with E-state index in [1.165, 1.54) is 0 Å². The molecule has 2 aliphatic rings. The summed E-state index contributed by atoms with van der Waals surface area (Å²) in [4.78, 5) is 4.39. The molecule has 17 heavy (non-hydrogen) atoms. The molecule has 2 saturated heterocycles. The molecule has 0 spiro atoms. The fourth-order valence-electron chi connectivity index (χ4n) is 3.25. The number of hydrogen-bond acceptors (Lipinski definition) is 5. The maximum Gasteiger partial charge on any atom is 0.106 e. The maximum atomic E-state index is 10.6. The van der Waals surface area contributed by atoms with Gasteiger partial charge in [-0.25, -0.2) is 4.98 Å². The number of nitrogens with zero attached hydrogens (tertiary/aromatic N) is 1. The Morgan fingerprint density at radius 1 is 1.71 bits per heavy atom. The van der Waals surface area contributed by atoms with Crippen LogP contribution >= 0.6 is 11.3 Å². The molecular formula is C12H18N2O2S. The zero-order valence-corrected chi connectivity index (χ0v) is 10.7. The van der Waals surface area contributed by atoms with Crippen LogP contribution in [-0.2, 0) is 4.74 Å². The highest BCUT2D eigenvalue weighted by Crippen LogP contribution is 2.53. The Bertz CT molecular complexity index is 422. The normalized spacial score (nSPS) is 37.6. The van der Waals surface area contributed by atoms with Gasteiger partial charge in [-0.1, -0.05) is 0 Å². The quantitative estimate of drug-likeness (QED) is 0.855. The SMILES string of the molecule is Cc1nc(C(O)C2(CN)CC3CCC2O3)cs1. The van der Waals surface area contributed by atoms with Gasteiger partial charge in [-0.15, -0.1) is 11.3 Å². The molecule has 0 aromatic carbocycles. The topological polar surface area (TPSA) is 68.4 Å². The molecule has 0 amide bonds. The van der Waals surface area contributed by atoms with E-state index in [0.29, 0.717) is 6.54 Å². The van der Waals surface area contributed by atoms with Gasteiger partial charge in [0.15, 0.2) is 0 Å². The number of nitrogens with two attached hydrogens (primary N) is 1. The summed E-state index contributed by atoms with van der Waals surface area (Å²) in [5, 5.41) is 13.5. The van der Waals surface area contributed by atoms with Crippen molar-refractivity contribution in [2.75, 3.05) is 6.54 Å². The van der Waals surface area contributed by atoms with Gasteiger partial charge in [0, 0.05) is 17.3 Å². The largest absolute Gasteiger partial charge is 0.386 e. The van der Waals surface area contributed by atoms with Crippen molar-refractivity contribution in [2.45, 2.75) is 44.5 Å². The average molecular weight is 254 g/mol. The number of fused-ring (bicyclic) bond motifs is 2. The van der Waals surface area contributed by atoms with Gasteiger partial charge in [0.05, 0.1) is 22.9 Å². The molecule has 0 aliphatic carbocycles. The first-order valence-electron chi connectivity index (χ1n) is 6.11. The molecule has 2 bridgehead atoms. The van der Waals surface area contributed by atoms with Crippen LogP contribution in [0.15, 0.2) is 5.38 Å². The Morgan fingerprint density at radius 2 is 2.53 bits per heavy atom. The van der Waals surface area contributed by atoms with Crippen molar-refractivity contribution in [3.05, 3.63) is 16.1 Å². The van der Waals surface area contributed by atoms with E-state index in [4.69, 9.17) is 10.5 Å². The number of aromatic nitrogens is 1. The Hall–Kier alpha value is -0.490. The van der Waals surface area contributed by atoms with Gasteiger partial charge in [0.2, 0.25) is 0 Å². The lowest BCUT2D eigenvalue weighted by atomic mass is 9.69. The third kappa shape index (κ3) is 1.64. The highest BCUT2D eigenvalue weighted by molar-refractivity contribution is 7.09. The summed E-state index contributed by atoms with van der Waals surface area (Å²) in [6.07, 6.45) is 2.79. The number of aryl methyl sites for hydroxylation is 1. The van der Waals surface area contributed by atoms with E-state index in [9.17, 15) is 5.11 Å². The third-order valence-corrected chi connectivity index (χ3v) is 4.99. The molecule has 3 N–H and O–H groups in total. The van der Waals surface area contributed by atoms with Crippen LogP contribution in [0.25, 0.3) is 0 Å². The van der Waals surface area contributed by atoms with Gasteiger partial charge in [0.1, 0.15) is 6.10 Å². The Morgan fingerprint density at radius 3 is 3.00 bits per heavy atom. The van der Waals surface area contributed by atoms with E-state index >= 15 is 0 Å². The van der Waals surface area contributed by atoms with E-state index in [1.807, 2.05) is 12.3 Å². The standard InChI is InChI=1S/C12H18N2O2S/c1-7-14-9(5-17-7)11(15)12(6-13)4-8-2-3-10(12)16-8/h5,8,10-11,15H,2-4,6,13H2,1H3. The molecular weight excluding hydrogens is 236 g/mol. The minimum absolute atomic E-state index is 0.106. The molecule has 1 aromatic rings. The van der Waals surface area contributed by atoms with Crippen molar-refractivity contribution >= 4 is 11.3 Å². The summed E-state index contributed by atoms with van der Waals surface area (Å²) < 4.78 is 5.86. The first kappa shape index (κ1) is 11.6. The summed E-state index contributed by atoms with van der Waals surface area (Å²) in [5.74, 6) is 0. The van der Waals surface area contributed by atoms with E-state index in [-0.39, 0.29) is 17.6 Å². The molecule has 3 rings (SSSR count). The van der Waals surface area contributed by atoms with Crippen LogP contribution in [0.2, 0.25) is 0 Å². The molecule has 2 fully saturated rings. The van der Waals surface area contributed by atoms with Crippen LogP contribution in [0.4, 0.5) is 0 Å². The first-order valence-corrected chi connectivity index (χ1v) is 6.99. The summed E-state index contributed by atoms with van der Waals surface area (Å²) in [6, 6.07) is 0. The van der Waals surface area contributed by atoms with Crippen molar-refractivity contribution in [1.29, 1.82) is 0 Å². The first-order chi connectivity index (χ1) is 8.15. The van der Waals surface area contributed by atoms with Gasteiger partial charge >= 0.3 is 0 Å². The number of ether oxygens (including phenoxy) is 1. The van der Waals surface area contributed by atoms with Gasteiger partial charge in [-0.2, -0.15) is 0 Å². The van der Waals surface area contributed by atoms with E-state index in [0.717, 1.165) is 30.0 Å². The molecule has 4 atom stereocenters.